The van der Waals surface area contributed by atoms with Crippen LogP contribution in [0.5, 0.6) is 0 Å². The van der Waals surface area contributed by atoms with Crippen molar-refractivity contribution < 1.29 is 58.3 Å². The molecule has 0 aromatic heterocycles. The molecule has 3 amide bonds. The fourth-order valence-corrected chi connectivity index (χ4v) is 29.9. The monoisotopic (exact) mass is 1560 g/mol. The zero-order valence-corrected chi connectivity index (χ0v) is 69.6. The number of aliphatic hydroxyl groups is 3. The molecule has 3 aromatic carbocycles. The van der Waals surface area contributed by atoms with Crippen LogP contribution in [0.1, 0.15) is 303 Å². The molecule has 114 heavy (non-hydrogen) atoms. The van der Waals surface area contributed by atoms with E-state index in [1.54, 1.807) is 55.0 Å². The number of hydrogen-bond donors (Lipinski definition) is 6. The number of amides is 3. The summed E-state index contributed by atoms with van der Waals surface area (Å²) in [7, 11) is 0. The Labute approximate surface area is 677 Å². The highest BCUT2D eigenvalue weighted by Crippen LogP contribution is 2.73. The smallest absolute Gasteiger partial charge is 0.338 e. The van der Waals surface area contributed by atoms with Crippen molar-refractivity contribution in [2.75, 3.05) is 0 Å². The zero-order chi connectivity index (χ0) is 80.0. The summed E-state index contributed by atoms with van der Waals surface area (Å²) < 4.78 is 18.9. The third-order valence-corrected chi connectivity index (χ3v) is 36.4. The van der Waals surface area contributed by atoms with Gasteiger partial charge in [-0.1, -0.05) is 98.7 Å². The first-order valence-corrected chi connectivity index (χ1v) is 45.0. The quantitative estimate of drug-likeness (QED) is 0.0907. The van der Waals surface area contributed by atoms with E-state index in [1.807, 2.05) is 36.4 Å². The van der Waals surface area contributed by atoms with Gasteiger partial charge in [0.05, 0.1) is 53.6 Å². The molecule has 30 atom stereocenters. The summed E-state index contributed by atoms with van der Waals surface area (Å²) in [4.78, 5) is 81.5. The molecule has 24 aliphatic rings. The van der Waals surface area contributed by atoms with Crippen LogP contribution in [-0.2, 0) is 28.6 Å². The molecule has 12 heterocycles. The summed E-state index contributed by atoms with van der Waals surface area (Å²) in [5, 5.41) is 50.3. The number of ether oxygens (including phenoxy) is 3. The van der Waals surface area contributed by atoms with Crippen LogP contribution < -0.4 is 16.3 Å². The van der Waals surface area contributed by atoms with Crippen LogP contribution in [0.2, 0.25) is 0 Å². The number of esters is 3. The second-order valence-corrected chi connectivity index (χ2v) is 41.1. The van der Waals surface area contributed by atoms with Crippen molar-refractivity contribution in [2.45, 2.75) is 292 Å². The summed E-state index contributed by atoms with van der Waals surface area (Å²) in [5.74, 6) is 5.40. The molecule has 12 aliphatic heterocycles. The molecule has 0 radical (unpaired) electrons. The summed E-state index contributed by atoms with van der Waals surface area (Å²) in [6, 6.07) is 21.6. The second-order valence-electron chi connectivity index (χ2n) is 41.1. The molecule has 12 fully saturated rings. The first-order valence-electron chi connectivity index (χ1n) is 45.0. The van der Waals surface area contributed by atoms with E-state index >= 15 is 0 Å². The topological polar surface area (TPSA) is 264 Å². The number of carbonyl (C=O) groups is 6. The maximum Gasteiger partial charge on any atom is 0.338 e. The number of rotatable bonds is 0. The van der Waals surface area contributed by atoms with Gasteiger partial charge in [-0.25, -0.2) is 30.7 Å². The van der Waals surface area contributed by atoms with Gasteiger partial charge in [-0.2, -0.15) is 15.3 Å². The molecular formula is C96H132N6O12. The summed E-state index contributed by atoms with van der Waals surface area (Å²) in [6.45, 7) is 21.2. The molecule has 0 saturated heterocycles. The van der Waals surface area contributed by atoms with E-state index < -0.39 is 18.3 Å². The third kappa shape index (κ3) is 14.8. The van der Waals surface area contributed by atoms with Crippen LogP contribution in [0.4, 0.5) is 0 Å². The highest BCUT2D eigenvalue weighted by molar-refractivity contribution is 5.93. The van der Waals surface area contributed by atoms with Crippen LogP contribution in [0, 0.1) is 139 Å². The number of aliphatic hydroxyl groups excluding tert-OH is 3. The van der Waals surface area contributed by atoms with Crippen LogP contribution >= 0.6 is 0 Å². The molecule has 6 N–H and O–H groups in total. The van der Waals surface area contributed by atoms with Crippen molar-refractivity contribution in [3.05, 3.63) is 106 Å². The molecule has 3 aromatic rings. The molecular weight excluding hydrogens is 1430 g/mol. The summed E-state index contributed by atoms with van der Waals surface area (Å²) in [6.07, 6.45) is 29.2. The number of hydrogen-bond acceptors (Lipinski definition) is 15. The third-order valence-electron chi connectivity index (χ3n) is 36.4. The van der Waals surface area contributed by atoms with E-state index in [1.165, 1.54) is 0 Å². The molecule has 30 bridgehead atoms. The molecule has 0 unspecified atom stereocenters. The van der Waals surface area contributed by atoms with E-state index in [2.05, 4.69) is 93.9 Å². The fraction of sp³-hybridized carbons (Fsp3) is 0.719. The Bertz CT molecular complexity index is 3720. The standard InChI is InChI=1S/C96H132N6O12/c1-55-10-37-85(106)100-97-52-58-13-19-61(20-14-58)88(109)113-68-41-44-92(5)65(47-68)26-29-71-77-35-32-74(95(77,8)83(104)50-80(71)92)57(3)12-39-87(108)102-99-54-60-17-23-63(24-18-60)90(111)114-69-42-45-93(6)66(48-69)27-30-72-78-36-33-75(96(78,9)84(105)51-81(72)93)56(2)11-38-86(107)101-98-53-59-15-21-62(22-16-59)89(110)112-67-40-43-91(4)64(46-67)25-28-70-76-34-31-73(55)94(76,7)82(103)49-79(70)91/h13-24,52-57,64-84,103-105H,10-12,25-51H2,1-9H3,(H,100,106)(H,101,107)(H,102,108)/b97-52+,98-53+,99-54+/t55-,56-,57-,64-,65-,66-,67-,68-,69-,70+,71+,72+,73-,74-,75-,76+,77+,78+,79+,80+,81+,82+,83+,84+,91+,92+,93+,94-,95-,96-/m1/s1. The van der Waals surface area contributed by atoms with Crippen LogP contribution in [0.15, 0.2) is 88.1 Å². The lowest BCUT2D eigenvalue weighted by molar-refractivity contribution is -0.175. The largest absolute Gasteiger partial charge is 0.459 e. The molecule has 27 rings (SSSR count). The van der Waals surface area contributed by atoms with Gasteiger partial charge in [0.25, 0.3) is 0 Å². The van der Waals surface area contributed by atoms with Crippen LogP contribution in [0.25, 0.3) is 0 Å². The minimum Gasteiger partial charge on any atom is -0.459 e. The Hall–Kier alpha value is -6.63. The molecule has 0 spiro atoms. The SMILES string of the molecule is C[C@@H]1CCC(=O)N/N=C/c2ccc(cc2)C(=O)O[C@@H]2CC[C@@]3(C)[C@H](CC[C@@H]4[C@@H]3C[C@H](O)[C@]3(C)[C@H](CC[C@@H]43)[C@H](C)CCC(=O)N/N=C/c3ccc(cc3)C(=O)O[C@@H]3CC[C@@]4(C)[C@H](CC[C@@H]5[C@@H]4C[C@H](O)[C@]4(C)[C@H](CC[C@@H]54)[C@H](C)CCC(=O)N/N=C/c4ccc(cc4)C(=O)O[C@@H]4CC[C@@]5(C)[C@H](CC[C@@H]6[C@@H]5C[C@H](O)[C@]5(C)[C@@H]1CC[C@@H]65)C4)C3)C2. The second kappa shape index (κ2) is 32.2. The number of carbonyl (C=O) groups excluding carboxylic acids is 6. The lowest BCUT2D eigenvalue weighted by atomic mass is 9.43. The van der Waals surface area contributed by atoms with Gasteiger partial charge in [0.15, 0.2) is 0 Å². The first-order chi connectivity index (χ1) is 54.6. The number of benzene rings is 3. The average Bonchev–Trinajstić information content (AvgIpc) is 1.40. The average molecular weight is 1560 g/mol. The molecule has 12 saturated carbocycles. The number of hydrazone groups is 3. The van der Waals surface area contributed by atoms with Crippen molar-refractivity contribution >= 4 is 54.3 Å². The maximum atomic E-state index is 13.8. The minimum atomic E-state index is -0.436. The zero-order valence-electron chi connectivity index (χ0n) is 69.6. The molecule has 618 valence electrons. The van der Waals surface area contributed by atoms with E-state index in [4.69, 9.17) is 14.2 Å². The Kier molecular flexibility index (Phi) is 22.9. The lowest BCUT2D eigenvalue weighted by Gasteiger charge is -2.62. The molecule has 12 aliphatic carbocycles. The van der Waals surface area contributed by atoms with Gasteiger partial charge in [0, 0.05) is 19.3 Å². The van der Waals surface area contributed by atoms with E-state index in [0.29, 0.717) is 144 Å². The summed E-state index contributed by atoms with van der Waals surface area (Å²) >= 11 is 0. The van der Waals surface area contributed by atoms with Crippen molar-refractivity contribution in [3.63, 3.8) is 0 Å². The van der Waals surface area contributed by atoms with Gasteiger partial charge in [-0.15, -0.1) is 0 Å². The van der Waals surface area contributed by atoms with Gasteiger partial charge >= 0.3 is 17.9 Å². The van der Waals surface area contributed by atoms with Gasteiger partial charge in [0.1, 0.15) is 18.3 Å². The van der Waals surface area contributed by atoms with E-state index in [-0.39, 0.29) is 104 Å². The van der Waals surface area contributed by atoms with Crippen LogP contribution in [-0.4, -0.2) is 106 Å². The molecule has 18 heteroatoms. The number of nitrogens with one attached hydrogen (secondary N) is 3. The lowest BCUT2D eigenvalue weighted by Crippen LogP contribution is -2.59. The van der Waals surface area contributed by atoms with E-state index in [9.17, 15) is 44.1 Å². The Morgan fingerprint density at radius 2 is 0.570 bits per heavy atom. The predicted molar refractivity (Wildman–Crippen MR) is 439 cm³/mol. The fourth-order valence-electron chi connectivity index (χ4n) is 29.9. The van der Waals surface area contributed by atoms with Crippen molar-refractivity contribution in [3.8, 4) is 0 Å². The number of fused-ring (bicyclic) bond motifs is 3. The van der Waals surface area contributed by atoms with Crippen molar-refractivity contribution in [1.29, 1.82) is 0 Å². The first kappa shape index (κ1) is 81.1. The number of nitrogens with zero attached hydrogens (tertiary/aromatic N) is 3. The van der Waals surface area contributed by atoms with Gasteiger partial charge in [0.2, 0.25) is 17.7 Å². The highest BCUT2D eigenvalue weighted by atomic mass is 16.6. The minimum absolute atomic E-state index is 0.0485. The predicted octanol–water partition coefficient (Wildman–Crippen LogP) is 17.2. The van der Waals surface area contributed by atoms with Gasteiger partial charge in [-0.05, 0) is 365 Å². The Morgan fingerprint density at radius 1 is 0.316 bits per heavy atom. The maximum absolute atomic E-state index is 13.8. The van der Waals surface area contributed by atoms with Gasteiger partial charge in [-0.3, -0.25) is 14.4 Å². The van der Waals surface area contributed by atoms with E-state index in [0.717, 1.165) is 171 Å². The van der Waals surface area contributed by atoms with Crippen molar-refractivity contribution in [1.82, 2.24) is 16.3 Å². The Morgan fingerprint density at radius 3 is 0.833 bits per heavy atom. The molecule has 18 nitrogen and oxygen atoms in total. The van der Waals surface area contributed by atoms with Crippen LogP contribution in [0.3, 0.4) is 0 Å². The van der Waals surface area contributed by atoms with Gasteiger partial charge < -0.3 is 29.5 Å². The Balaban J connectivity index is 0.550. The normalized spacial score (nSPS) is 45.8. The summed E-state index contributed by atoms with van der Waals surface area (Å²) in [5.41, 5.74) is 11.4. The highest BCUT2D eigenvalue weighted by Gasteiger charge is 2.68. The van der Waals surface area contributed by atoms with Crippen molar-refractivity contribution in [2.24, 2.45) is 154 Å².